The number of carbonyl (C=O) groups is 1. The Balaban J connectivity index is 2.84. The van der Waals surface area contributed by atoms with Crippen LogP contribution in [-0.2, 0) is 0 Å². The van der Waals surface area contributed by atoms with Crippen molar-refractivity contribution in [2.75, 3.05) is 6.61 Å². The van der Waals surface area contributed by atoms with Crippen LogP contribution in [0.2, 0.25) is 5.02 Å². The normalized spacial score (nSPS) is 13.2. The van der Waals surface area contributed by atoms with Crippen LogP contribution in [0, 0.1) is 5.41 Å². The van der Waals surface area contributed by atoms with E-state index in [1.54, 1.807) is 18.2 Å². The summed E-state index contributed by atoms with van der Waals surface area (Å²) in [4.78, 5) is 12.2. The van der Waals surface area contributed by atoms with Crippen molar-refractivity contribution in [2.45, 2.75) is 33.2 Å². The summed E-state index contributed by atoms with van der Waals surface area (Å²) in [5, 5.41) is 12.6. The van der Waals surface area contributed by atoms with E-state index in [1.807, 2.05) is 20.8 Å². The molecule has 5 heteroatoms. The third-order valence-electron chi connectivity index (χ3n) is 2.95. The molecule has 0 aromatic heterocycles. The highest BCUT2D eigenvalue weighted by Crippen LogP contribution is 2.25. The summed E-state index contributed by atoms with van der Waals surface area (Å²) < 4.78 is 0.691. The molecule has 0 aliphatic carbocycles. The van der Waals surface area contributed by atoms with Crippen molar-refractivity contribution in [1.29, 1.82) is 0 Å². The van der Waals surface area contributed by atoms with Crippen molar-refractivity contribution in [3.05, 3.63) is 33.3 Å². The summed E-state index contributed by atoms with van der Waals surface area (Å²) in [6, 6.07) is 4.97. The van der Waals surface area contributed by atoms with E-state index in [0.717, 1.165) is 0 Å². The number of amides is 1. The second-order valence-corrected chi connectivity index (χ2v) is 6.79. The van der Waals surface area contributed by atoms with Gasteiger partial charge in [0.25, 0.3) is 5.91 Å². The molecule has 0 saturated carbocycles. The fraction of sp³-hybridized carbons (Fsp3) is 0.500. The Morgan fingerprint density at radius 2 is 2.11 bits per heavy atom. The first-order chi connectivity index (χ1) is 8.75. The van der Waals surface area contributed by atoms with E-state index in [9.17, 15) is 4.79 Å². The molecule has 0 aliphatic rings. The first kappa shape index (κ1) is 16.5. The van der Waals surface area contributed by atoms with Gasteiger partial charge in [-0.3, -0.25) is 4.79 Å². The van der Waals surface area contributed by atoms with Gasteiger partial charge in [-0.05, 0) is 46.0 Å². The van der Waals surface area contributed by atoms with Crippen LogP contribution in [0.3, 0.4) is 0 Å². The lowest BCUT2D eigenvalue weighted by atomic mass is 9.85. The topological polar surface area (TPSA) is 49.3 Å². The Bertz CT molecular complexity index is 457. The first-order valence-electron chi connectivity index (χ1n) is 6.12. The van der Waals surface area contributed by atoms with Gasteiger partial charge in [-0.15, -0.1) is 0 Å². The lowest BCUT2D eigenvalue weighted by molar-refractivity contribution is 0.0885. The number of benzene rings is 1. The van der Waals surface area contributed by atoms with Crippen molar-refractivity contribution < 1.29 is 9.90 Å². The number of hydrogen-bond donors (Lipinski definition) is 2. The molecule has 1 rings (SSSR count). The summed E-state index contributed by atoms with van der Waals surface area (Å²) in [5.74, 6) is -0.161. The third-order valence-corrected chi connectivity index (χ3v) is 4.16. The van der Waals surface area contributed by atoms with Crippen molar-refractivity contribution in [1.82, 2.24) is 5.32 Å². The van der Waals surface area contributed by atoms with Crippen LogP contribution in [-0.4, -0.2) is 23.7 Å². The highest BCUT2D eigenvalue weighted by atomic mass is 79.9. The molecular weight excluding hydrogens is 330 g/mol. The van der Waals surface area contributed by atoms with E-state index in [2.05, 4.69) is 21.2 Å². The molecular formula is C14H19BrClNO2. The molecule has 1 unspecified atom stereocenters. The Kier molecular flexibility index (Phi) is 5.83. The molecule has 1 aromatic rings. The summed E-state index contributed by atoms with van der Waals surface area (Å²) >= 11 is 9.20. The van der Waals surface area contributed by atoms with Crippen LogP contribution in [0.25, 0.3) is 0 Å². The van der Waals surface area contributed by atoms with Crippen LogP contribution in [0.5, 0.6) is 0 Å². The summed E-state index contributed by atoms with van der Waals surface area (Å²) in [6.45, 7) is 6.15. The van der Waals surface area contributed by atoms with Crippen molar-refractivity contribution >= 4 is 33.4 Å². The molecule has 19 heavy (non-hydrogen) atoms. The van der Waals surface area contributed by atoms with Gasteiger partial charge in [0.05, 0.1) is 5.02 Å². The number of rotatable bonds is 4. The molecule has 0 fully saturated rings. The zero-order chi connectivity index (χ0) is 14.6. The van der Waals surface area contributed by atoms with E-state index >= 15 is 0 Å². The predicted octanol–water partition coefficient (Wildman–Crippen LogP) is 3.63. The van der Waals surface area contributed by atoms with Crippen molar-refractivity contribution in [3.63, 3.8) is 0 Å². The Morgan fingerprint density at radius 1 is 1.47 bits per heavy atom. The van der Waals surface area contributed by atoms with E-state index in [0.29, 0.717) is 21.5 Å². The van der Waals surface area contributed by atoms with Crippen molar-refractivity contribution in [2.24, 2.45) is 5.41 Å². The van der Waals surface area contributed by atoms with Gasteiger partial charge < -0.3 is 10.4 Å². The van der Waals surface area contributed by atoms with Gasteiger partial charge in [0.15, 0.2) is 0 Å². The minimum atomic E-state index is -0.161. The molecule has 0 heterocycles. The fourth-order valence-corrected chi connectivity index (χ4v) is 2.23. The van der Waals surface area contributed by atoms with Gasteiger partial charge in [-0.25, -0.2) is 0 Å². The Morgan fingerprint density at radius 3 is 2.58 bits per heavy atom. The highest BCUT2D eigenvalue weighted by Gasteiger charge is 2.26. The quantitative estimate of drug-likeness (QED) is 0.873. The third kappa shape index (κ3) is 4.79. The second kappa shape index (κ2) is 6.73. The molecule has 106 valence electrons. The minimum absolute atomic E-state index is 0.0481. The maximum atomic E-state index is 12.2. The number of aliphatic hydroxyl groups is 1. The highest BCUT2D eigenvalue weighted by molar-refractivity contribution is 9.10. The van der Waals surface area contributed by atoms with Crippen LogP contribution in [0.15, 0.2) is 22.7 Å². The predicted molar refractivity (Wildman–Crippen MR) is 81.6 cm³/mol. The average molecular weight is 349 g/mol. The van der Waals surface area contributed by atoms with E-state index in [4.69, 9.17) is 16.7 Å². The average Bonchev–Trinajstić information content (AvgIpc) is 2.30. The second-order valence-electron chi connectivity index (χ2n) is 5.53. The molecule has 3 nitrogen and oxygen atoms in total. The number of aliphatic hydroxyl groups excluding tert-OH is 1. The van der Waals surface area contributed by atoms with Gasteiger partial charge in [-0.2, -0.15) is 0 Å². The van der Waals surface area contributed by atoms with Gasteiger partial charge in [0.1, 0.15) is 0 Å². The Hall–Kier alpha value is -0.580. The van der Waals surface area contributed by atoms with Gasteiger partial charge >= 0.3 is 0 Å². The number of carbonyl (C=O) groups excluding carboxylic acids is 1. The van der Waals surface area contributed by atoms with Crippen LogP contribution in [0.1, 0.15) is 37.6 Å². The van der Waals surface area contributed by atoms with Gasteiger partial charge in [0, 0.05) is 22.7 Å². The fourth-order valence-electron chi connectivity index (χ4n) is 1.73. The smallest absolute Gasteiger partial charge is 0.251 e. The molecule has 1 aromatic carbocycles. The molecule has 1 amide bonds. The van der Waals surface area contributed by atoms with E-state index < -0.39 is 0 Å². The van der Waals surface area contributed by atoms with E-state index in [-0.39, 0.29) is 24.0 Å². The summed E-state index contributed by atoms with van der Waals surface area (Å²) in [5.41, 5.74) is 0.436. The molecule has 2 N–H and O–H groups in total. The lowest BCUT2D eigenvalue weighted by Gasteiger charge is -2.31. The zero-order valence-electron chi connectivity index (χ0n) is 11.3. The van der Waals surface area contributed by atoms with Crippen LogP contribution >= 0.6 is 27.5 Å². The summed E-state index contributed by atoms with van der Waals surface area (Å²) in [7, 11) is 0. The van der Waals surface area contributed by atoms with Crippen LogP contribution < -0.4 is 5.32 Å². The lowest BCUT2D eigenvalue weighted by Crippen LogP contribution is -2.44. The van der Waals surface area contributed by atoms with Crippen molar-refractivity contribution in [3.8, 4) is 0 Å². The first-order valence-corrected chi connectivity index (χ1v) is 7.29. The number of hydrogen-bond acceptors (Lipinski definition) is 2. The Labute approximate surface area is 127 Å². The van der Waals surface area contributed by atoms with E-state index in [1.165, 1.54) is 0 Å². The standard InChI is InChI=1S/C14H19BrClNO2/c1-14(2,3)12(6-7-18)17-13(19)9-4-5-11(16)10(15)8-9/h4-5,8,12,18H,6-7H2,1-3H3,(H,17,19). The molecule has 0 saturated heterocycles. The maximum Gasteiger partial charge on any atom is 0.251 e. The summed E-state index contributed by atoms with van der Waals surface area (Å²) in [6.07, 6.45) is 0.532. The molecule has 0 bridgehead atoms. The molecule has 0 radical (unpaired) electrons. The number of nitrogens with one attached hydrogen (secondary N) is 1. The largest absolute Gasteiger partial charge is 0.396 e. The minimum Gasteiger partial charge on any atom is -0.396 e. The number of halogens is 2. The van der Waals surface area contributed by atoms with Gasteiger partial charge in [0.2, 0.25) is 0 Å². The van der Waals surface area contributed by atoms with Crippen LogP contribution in [0.4, 0.5) is 0 Å². The van der Waals surface area contributed by atoms with Gasteiger partial charge in [-0.1, -0.05) is 32.4 Å². The monoisotopic (exact) mass is 347 g/mol. The molecule has 0 spiro atoms. The SMILES string of the molecule is CC(C)(C)C(CCO)NC(=O)c1ccc(Cl)c(Br)c1. The zero-order valence-corrected chi connectivity index (χ0v) is 13.7. The molecule has 0 aliphatic heterocycles. The maximum absolute atomic E-state index is 12.2. The molecule has 1 atom stereocenters.